The van der Waals surface area contributed by atoms with Crippen molar-refractivity contribution >= 4 is 21.7 Å². The smallest absolute Gasteiger partial charge is 0.359 e. The predicted molar refractivity (Wildman–Crippen MR) is 103 cm³/mol. The third-order valence-corrected chi connectivity index (χ3v) is 9.02. The fourth-order valence-electron chi connectivity index (χ4n) is 4.12. The number of aliphatic hydroxyl groups excluding tert-OH is 1. The normalized spacial score (nSPS) is 21.6. The molecule has 1 atom stereocenters. The van der Waals surface area contributed by atoms with Gasteiger partial charge in [-0.15, -0.1) is 0 Å². The molecule has 9 nitrogen and oxygen atoms in total. The maximum absolute atomic E-state index is 13.3. The summed E-state index contributed by atoms with van der Waals surface area (Å²) in [5.74, 6) is -0.934. The second-order valence-corrected chi connectivity index (χ2v) is 11.0. The summed E-state index contributed by atoms with van der Waals surface area (Å²) in [5, 5.41) is 13.8. The van der Waals surface area contributed by atoms with Gasteiger partial charge in [-0.3, -0.25) is 9.48 Å². The summed E-state index contributed by atoms with van der Waals surface area (Å²) in [6, 6.07) is 0. The van der Waals surface area contributed by atoms with Crippen LogP contribution in [0.3, 0.4) is 0 Å². The first kappa shape index (κ1) is 20.3. The van der Waals surface area contributed by atoms with E-state index in [-0.39, 0.29) is 42.2 Å². The highest BCUT2D eigenvalue weighted by Crippen LogP contribution is 2.50. The van der Waals surface area contributed by atoms with Gasteiger partial charge >= 0.3 is 5.97 Å². The molecule has 2 saturated carbocycles. The Morgan fingerprint density at radius 2 is 2.07 bits per heavy atom. The first-order chi connectivity index (χ1) is 13.7. The summed E-state index contributed by atoms with van der Waals surface area (Å²) in [7, 11) is -3.23. The number of hydrogen-bond donors (Lipinski definition) is 1. The van der Waals surface area contributed by atoms with Gasteiger partial charge in [-0.2, -0.15) is 5.10 Å². The summed E-state index contributed by atoms with van der Waals surface area (Å²) in [6.07, 6.45) is 2.24. The number of fused-ring (bicyclic) bond motifs is 1. The van der Waals surface area contributed by atoms with Gasteiger partial charge in [0.1, 0.15) is 5.69 Å². The minimum Gasteiger partial charge on any atom is -0.461 e. The highest BCUT2D eigenvalue weighted by molar-refractivity contribution is 7.94. The fraction of sp³-hybridized carbons (Fsp3) is 0.737. The zero-order valence-electron chi connectivity index (χ0n) is 16.8. The van der Waals surface area contributed by atoms with Crippen molar-refractivity contribution in [1.82, 2.24) is 14.7 Å². The summed E-state index contributed by atoms with van der Waals surface area (Å²) in [5.41, 5.74) is 0.863. The number of nitrogens with zero attached hydrogens (tertiary/aromatic N) is 3. The van der Waals surface area contributed by atoms with Crippen LogP contribution in [0, 0.1) is 0 Å². The third kappa shape index (κ3) is 3.46. The highest BCUT2D eigenvalue weighted by atomic mass is 32.2. The average Bonchev–Trinajstić information content (AvgIpc) is 3.55. The molecule has 1 aromatic rings. The van der Waals surface area contributed by atoms with Crippen LogP contribution in [0.4, 0.5) is 0 Å². The molecule has 0 aromatic carbocycles. The number of rotatable bonds is 8. The molecule has 0 radical (unpaired) electrons. The number of ether oxygens (including phenoxy) is 1. The molecular formula is C19H27N3O6S. The number of sulfone groups is 1. The molecule has 1 amide bonds. The standard InChI is InChI=1S/C19H27N3O6S/c1-3-28-18(25)15-14-6-9-21(17(24)16(14)22(20-15)10-12(2)23)11-19(7-8-19)29(26,27)13-4-5-13/h12-13,23H,3-11H2,1-2H3. The van der Waals surface area contributed by atoms with E-state index in [1.807, 2.05) is 0 Å². The molecule has 4 rings (SSSR count). The van der Waals surface area contributed by atoms with Crippen molar-refractivity contribution in [3.8, 4) is 0 Å². The Morgan fingerprint density at radius 1 is 1.38 bits per heavy atom. The van der Waals surface area contributed by atoms with Crippen LogP contribution in [-0.4, -0.2) is 75.9 Å². The molecule has 10 heteroatoms. The second-order valence-electron chi connectivity index (χ2n) is 8.33. The molecule has 1 aliphatic heterocycles. The lowest BCUT2D eigenvalue weighted by Crippen LogP contribution is -2.47. The number of aliphatic hydroxyl groups is 1. The SMILES string of the molecule is CCOC(=O)c1nn(CC(C)O)c2c1CCN(CC1(S(=O)(=O)C3CC3)CC1)C2=O. The molecule has 1 aromatic heterocycles. The number of esters is 1. The summed E-state index contributed by atoms with van der Waals surface area (Å²) < 4.78 is 31.3. The zero-order chi connectivity index (χ0) is 21.0. The maximum atomic E-state index is 13.3. The topological polar surface area (TPSA) is 119 Å². The van der Waals surface area contributed by atoms with Crippen LogP contribution in [0.15, 0.2) is 0 Å². The molecular weight excluding hydrogens is 398 g/mol. The molecule has 2 heterocycles. The van der Waals surface area contributed by atoms with Gasteiger partial charge in [0.2, 0.25) is 0 Å². The maximum Gasteiger partial charge on any atom is 0.359 e. The van der Waals surface area contributed by atoms with Crippen molar-refractivity contribution in [2.75, 3.05) is 19.7 Å². The Labute approximate surface area is 169 Å². The first-order valence-corrected chi connectivity index (χ1v) is 11.7. The Balaban J connectivity index is 1.63. The van der Waals surface area contributed by atoms with Crippen molar-refractivity contribution in [1.29, 1.82) is 0 Å². The molecule has 1 unspecified atom stereocenters. The Hall–Kier alpha value is -1.94. The molecule has 2 aliphatic carbocycles. The van der Waals surface area contributed by atoms with Crippen LogP contribution in [0.1, 0.15) is 66.1 Å². The van der Waals surface area contributed by atoms with Gasteiger partial charge in [-0.05, 0) is 46.0 Å². The summed E-state index contributed by atoms with van der Waals surface area (Å²) >= 11 is 0. The molecule has 0 saturated heterocycles. The Kier molecular flexibility index (Phi) is 4.97. The van der Waals surface area contributed by atoms with E-state index in [9.17, 15) is 23.1 Å². The van der Waals surface area contributed by atoms with E-state index in [1.54, 1.807) is 18.7 Å². The number of aromatic nitrogens is 2. The van der Waals surface area contributed by atoms with Crippen molar-refractivity contribution in [2.45, 2.75) is 68.6 Å². The Bertz CT molecular complexity index is 943. The molecule has 1 N–H and O–H groups in total. The van der Waals surface area contributed by atoms with Crippen LogP contribution in [0.25, 0.3) is 0 Å². The van der Waals surface area contributed by atoms with Gasteiger partial charge in [-0.25, -0.2) is 13.2 Å². The lowest BCUT2D eigenvalue weighted by molar-refractivity contribution is 0.0516. The second kappa shape index (κ2) is 7.09. The van der Waals surface area contributed by atoms with E-state index in [1.165, 1.54) is 4.68 Å². The first-order valence-electron chi connectivity index (χ1n) is 10.2. The number of carbonyl (C=O) groups is 2. The van der Waals surface area contributed by atoms with Crippen molar-refractivity contribution in [3.05, 3.63) is 17.0 Å². The monoisotopic (exact) mass is 425 g/mol. The largest absolute Gasteiger partial charge is 0.461 e. The zero-order valence-corrected chi connectivity index (χ0v) is 17.6. The lowest BCUT2D eigenvalue weighted by Gasteiger charge is -2.31. The van der Waals surface area contributed by atoms with E-state index >= 15 is 0 Å². The lowest BCUT2D eigenvalue weighted by atomic mass is 10.0. The molecule has 3 aliphatic rings. The van der Waals surface area contributed by atoms with Gasteiger partial charge in [0.25, 0.3) is 5.91 Å². The van der Waals surface area contributed by atoms with Crippen molar-refractivity contribution < 1.29 is 27.9 Å². The van der Waals surface area contributed by atoms with E-state index in [2.05, 4.69) is 5.10 Å². The van der Waals surface area contributed by atoms with Gasteiger partial charge in [-0.1, -0.05) is 0 Å². The van der Waals surface area contributed by atoms with E-state index in [0.29, 0.717) is 44.2 Å². The van der Waals surface area contributed by atoms with Gasteiger partial charge in [0, 0.05) is 18.7 Å². The van der Waals surface area contributed by atoms with E-state index < -0.39 is 26.7 Å². The molecule has 2 fully saturated rings. The quantitative estimate of drug-likeness (QED) is 0.604. The van der Waals surface area contributed by atoms with Crippen LogP contribution < -0.4 is 0 Å². The number of carbonyl (C=O) groups excluding carboxylic acids is 2. The van der Waals surface area contributed by atoms with Crippen LogP contribution in [0.2, 0.25) is 0 Å². The van der Waals surface area contributed by atoms with E-state index in [4.69, 9.17) is 4.74 Å². The average molecular weight is 426 g/mol. The van der Waals surface area contributed by atoms with Gasteiger partial charge < -0.3 is 14.7 Å². The minimum atomic E-state index is -3.23. The Morgan fingerprint density at radius 3 is 2.62 bits per heavy atom. The van der Waals surface area contributed by atoms with Crippen LogP contribution in [-0.2, 0) is 27.5 Å². The minimum absolute atomic E-state index is 0.0623. The van der Waals surface area contributed by atoms with Gasteiger partial charge in [0.05, 0.1) is 29.3 Å². The fourth-order valence-corrected chi connectivity index (χ4v) is 6.59. The summed E-state index contributed by atoms with van der Waals surface area (Å²) in [4.78, 5) is 27.1. The van der Waals surface area contributed by atoms with Crippen molar-refractivity contribution in [2.24, 2.45) is 0 Å². The molecule has 0 spiro atoms. The van der Waals surface area contributed by atoms with Crippen LogP contribution in [0.5, 0.6) is 0 Å². The van der Waals surface area contributed by atoms with E-state index in [0.717, 1.165) is 0 Å². The third-order valence-electron chi connectivity index (χ3n) is 5.93. The molecule has 29 heavy (non-hydrogen) atoms. The molecule has 0 bridgehead atoms. The predicted octanol–water partition coefficient (Wildman–Crippen LogP) is 0.549. The number of hydrogen-bond acceptors (Lipinski definition) is 7. The van der Waals surface area contributed by atoms with Crippen molar-refractivity contribution in [3.63, 3.8) is 0 Å². The van der Waals surface area contributed by atoms with Gasteiger partial charge in [0.15, 0.2) is 15.5 Å². The number of amides is 1. The molecule has 160 valence electrons. The summed E-state index contributed by atoms with van der Waals surface area (Å²) in [6.45, 7) is 4.04. The highest BCUT2D eigenvalue weighted by Gasteiger charge is 2.60. The van der Waals surface area contributed by atoms with Crippen LogP contribution >= 0.6 is 0 Å².